The molecule has 136 valence electrons. The van der Waals surface area contributed by atoms with Crippen molar-refractivity contribution in [1.29, 1.82) is 0 Å². The number of halogens is 1. The highest BCUT2D eigenvalue weighted by molar-refractivity contribution is 9.10. The van der Waals surface area contributed by atoms with E-state index in [2.05, 4.69) is 40.2 Å². The average molecular weight is 422 g/mol. The third-order valence-corrected chi connectivity index (χ3v) is 5.41. The molecule has 4 rings (SSSR count). The third-order valence-electron chi connectivity index (χ3n) is 4.91. The van der Waals surface area contributed by atoms with Gasteiger partial charge in [0.25, 0.3) is 0 Å². The van der Waals surface area contributed by atoms with Crippen LogP contribution >= 0.6 is 15.9 Å². The standard InChI is InChI=1S/C23H20BrNO2/c24-20-12-11-19-14-25(23(26)27-16-17-7-3-1-4-8-17)15-22(21(19)13-20)18-9-5-2-6-10-18/h1-13,22H,14-16H2. The topological polar surface area (TPSA) is 29.5 Å². The van der Waals surface area contributed by atoms with E-state index in [1.165, 1.54) is 11.1 Å². The average Bonchev–Trinajstić information content (AvgIpc) is 2.72. The molecule has 1 unspecified atom stereocenters. The van der Waals surface area contributed by atoms with Gasteiger partial charge in [0.15, 0.2) is 0 Å². The lowest BCUT2D eigenvalue weighted by Gasteiger charge is -2.34. The second kappa shape index (κ2) is 7.97. The molecule has 1 atom stereocenters. The largest absolute Gasteiger partial charge is 0.445 e. The Kier molecular flexibility index (Phi) is 5.26. The van der Waals surface area contributed by atoms with Crippen molar-refractivity contribution in [2.45, 2.75) is 19.1 Å². The van der Waals surface area contributed by atoms with Crippen molar-refractivity contribution in [3.8, 4) is 0 Å². The van der Waals surface area contributed by atoms with Crippen LogP contribution in [0.3, 0.4) is 0 Å². The zero-order valence-electron chi connectivity index (χ0n) is 14.8. The second-order valence-electron chi connectivity index (χ2n) is 6.73. The molecule has 1 amide bonds. The fraction of sp³-hybridized carbons (Fsp3) is 0.174. The Bertz CT molecular complexity index is 928. The van der Waals surface area contributed by atoms with E-state index in [1.807, 2.05) is 54.6 Å². The van der Waals surface area contributed by atoms with Gasteiger partial charge >= 0.3 is 6.09 Å². The molecule has 3 aromatic carbocycles. The number of hydrogen-bond donors (Lipinski definition) is 0. The Morgan fingerprint density at radius 2 is 1.70 bits per heavy atom. The van der Waals surface area contributed by atoms with Crippen LogP contribution in [0.25, 0.3) is 0 Å². The zero-order valence-corrected chi connectivity index (χ0v) is 16.4. The summed E-state index contributed by atoms with van der Waals surface area (Å²) >= 11 is 3.58. The van der Waals surface area contributed by atoms with Gasteiger partial charge in [-0.05, 0) is 34.4 Å². The Balaban J connectivity index is 1.56. The number of carbonyl (C=O) groups is 1. The number of nitrogens with zero attached hydrogens (tertiary/aromatic N) is 1. The highest BCUT2D eigenvalue weighted by Gasteiger charge is 2.30. The van der Waals surface area contributed by atoms with E-state index in [-0.39, 0.29) is 12.0 Å². The van der Waals surface area contributed by atoms with Crippen molar-refractivity contribution in [3.63, 3.8) is 0 Å². The lowest BCUT2D eigenvalue weighted by molar-refractivity contribution is 0.0898. The summed E-state index contributed by atoms with van der Waals surface area (Å²) in [5.74, 6) is 0.136. The normalized spacial score (nSPS) is 15.9. The fourth-order valence-electron chi connectivity index (χ4n) is 3.54. The van der Waals surface area contributed by atoms with Crippen molar-refractivity contribution < 1.29 is 9.53 Å². The summed E-state index contributed by atoms with van der Waals surface area (Å²) in [6, 6.07) is 26.4. The molecule has 1 heterocycles. The van der Waals surface area contributed by atoms with Crippen molar-refractivity contribution in [1.82, 2.24) is 4.90 Å². The number of ether oxygens (including phenoxy) is 1. The molecular formula is C23H20BrNO2. The molecule has 3 nitrogen and oxygen atoms in total. The van der Waals surface area contributed by atoms with Gasteiger partial charge in [-0.2, -0.15) is 0 Å². The molecule has 0 saturated heterocycles. The van der Waals surface area contributed by atoms with Crippen LogP contribution in [0, 0.1) is 0 Å². The molecule has 3 aromatic rings. The van der Waals surface area contributed by atoms with Crippen LogP contribution in [0.2, 0.25) is 0 Å². The number of amides is 1. The first kappa shape index (κ1) is 17.8. The third kappa shape index (κ3) is 4.06. The Morgan fingerprint density at radius 3 is 2.44 bits per heavy atom. The number of benzene rings is 3. The Hall–Kier alpha value is -2.59. The maximum absolute atomic E-state index is 12.7. The first-order valence-electron chi connectivity index (χ1n) is 8.99. The summed E-state index contributed by atoms with van der Waals surface area (Å²) in [6.45, 7) is 1.47. The highest BCUT2D eigenvalue weighted by Crippen LogP contribution is 2.35. The van der Waals surface area contributed by atoms with Gasteiger partial charge in [-0.3, -0.25) is 0 Å². The second-order valence-corrected chi connectivity index (χ2v) is 7.64. The molecule has 0 aliphatic carbocycles. The van der Waals surface area contributed by atoms with Gasteiger partial charge in [0.1, 0.15) is 6.61 Å². The summed E-state index contributed by atoms with van der Waals surface area (Å²) in [5, 5.41) is 0. The molecule has 0 saturated carbocycles. The van der Waals surface area contributed by atoms with E-state index in [1.54, 1.807) is 4.90 Å². The first-order valence-corrected chi connectivity index (χ1v) is 9.79. The first-order chi connectivity index (χ1) is 13.2. The molecule has 0 spiro atoms. The molecular weight excluding hydrogens is 402 g/mol. The molecule has 1 aliphatic rings. The van der Waals surface area contributed by atoms with Crippen LogP contribution in [0.4, 0.5) is 4.79 Å². The van der Waals surface area contributed by atoms with Crippen LogP contribution in [-0.4, -0.2) is 17.5 Å². The molecule has 0 N–H and O–H groups in total. The molecule has 0 aromatic heterocycles. The monoisotopic (exact) mass is 421 g/mol. The molecule has 4 heteroatoms. The van der Waals surface area contributed by atoms with Gasteiger partial charge < -0.3 is 9.64 Å². The van der Waals surface area contributed by atoms with Crippen molar-refractivity contribution in [3.05, 3.63) is 106 Å². The quantitative estimate of drug-likeness (QED) is 0.539. The zero-order chi connectivity index (χ0) is 18.6. The van der Waals surface area contributed by atoms with E-state index >= 15 is 0 Å². The van der Waals surface area contributed by atoms with Crippen LogP contribution in [-0.2, 0) is 17.9 Å². The summed E-state index contributed by atoms with van der Waals surface area (Å²) in [5.41, 5.74) is 4.63. The number of rotatable bonds is 3. The lowest BCUT2D eigenvalue weighted by atomic mass is 9.85. The van der Waals surface area contributed by atoms with E-state index in [0.29, 0.717) is 19.7 Å². The lowest BCUT2D eigenvalue weighted by Crippen LogP contribution is -2.38. The fourth-order valence-corrected chi connectivity index (χ4v) is 3.92. The van der Waals surface area contributed by atoms with Crippen LogP contribution in [0.1, 0.15) is 28.2 Å². The van der Waals surface area contributed by atoms with Gasteiger partial charge in [0, 0.05) is 23.5 Å². The molecule has 0 fully saturated rings. The van der Waals surface area contributed by atoms with E-state index in [9.17, 15) is 4.79 Å². The Labute approximate surface area is 167 Å². The summed E-state index contributed by atoms with van der Waals surface area (Å²) in [6.07, 6.45) is -0.270. The molecule has 0 radical (unpaired) electrons. The number of hydrogen-bond acceptors (Lipinski definition) is 2. The molecule has 0 bridgehead atoms. The maximum Gasteiger partial charge on any atom is 0.410 e. The van der Waals surface area contributed by atoms with Gasteiger partial charge in [-0.1, -0.05) is 82.7 Å². The molecule has 1 aliphatic heterocycles. The highest BCUT2D eigenvalue weighted by atomic mass is 79.9. The minimum atomic E-state index is -0.270. The predicted octanol–water partition coefficient (Wildman–Crippen LogP) is 5.73. The predicted molar refractivity (Wildman–Crippen MR) is 109 cm³/mol. The van der Waals surface area contributed by atoms with E-state index in [4.69, 9.17) is 4.74 Å². The van der Waals surface area contributed by atoms with Crippen molar-refractivity contribution in [2.75, 3.05) is 6.54 Å². The summed E-state index contributed by atoms with van der Waals surface area (Å²) in [7, 11) is 0. The van der Waals surface area contributed by atoms with E-state index < -0.39 is 0 Å². The maximum atomic E-state index is 12.7. The summed E-state index contributed by atoms with van der Waals surface area (Å²) in [4.78, 5) is 14.5. The van der Waals surface area contributed by atoms with Crippen LogP contribution in [0.5, 0.6) is 0 Å². The van der Waals surface area contributed by atoms with Gasteiger partial charge in [0.2, 0.25) is 0 Å². The Morgan fingerprint density at radius 1 is 1.00 bits per heavy atom. The SMILES string of the molecule is O=C(OCc1ccccc1)N1Cc2ccc(Br)cc2C(c2ccccc2)C1. The molecule has 27 heavy (non-hydrogen) atoms. The van der Waals surface area contributed by atoms with Gasteiger partial charge in [0.05, 0.1) is 0 Å². The van der Waals surface area contributed by atoms with Crippen molar-refractivity contribution in [2.24, 2.45) is 0 Å². The minimum absolute atomic E-state index is 0.136. The summed E-state index contributed by atoms with van der Waals surface area (Å²) < 4.78 is 6.63. The minimum Gasteiger partial charge on any atom is -0.445 e. The van der Waals surface area contributed by atoms with Gasteiger partial charge in [-0.25, -0.2) is 4.79 Å². The van der Waals surface area contributed by atoms with Gasteiger partial charge in [-0.15, -0.1) is 0 Å². The number of fused-ring (bicyclic) bond motifs is 1. The van der Waals surface area contributed by atoms with E-state index in [0.717, 1.165) is 15.6 Å². The van der Waals surface area contributed by atoms with Crippen LogP contribution in [0.15, 0.2) is 83.3 Å². The van der Waals surface area contributed by atoms with Crippen molar-refractivity contribution >= 4 is 22.0 Å². The number of carbonyl (C=O) groups excluding carboxylic acids is 1. The smallest absolute Gasteiger partial charge is 0.410 e. The van der Waals surface area contributed by atoms with Crippen LogP contribution < -0.4 is 0 Å².